The van der Waals surface area contributed by atoms with Crippen molar-refractivity contribution in [2.24, 2.45) is 0 Å². The quantitative estimate of drug-likeness (QED) is 0.704. The van der Waals surface area contributed by atoms with Gasteiger partial charge in [-0.25, -0.2) is 13.8 Å². The Balaban J connectivity index is 2.40. The standard InChI is InChI=1S/C12H8BrF2N5/c1-16-12-18-10(5-4-17-20-11(5)19-12)8-7(14)3-2-6(13)9(8)15/h2-4H,1H3,(H2,16,17,18,19,20). The summed E-state index contributed by atoms with van der Waals surface area (Å²) in [6.07, 6.45) is 1.43. The number of rotatable bonds is 2. The second-order valence-corrected chi connectivity index (χ2v) is 4.85. The maximum atomic E-state index is 14.2. The Kier molecular flexibility index (Phi) is 3.09. The normalized spacial score (nSPS) is 11.0. The SMILES string of the molecule is CNc1nc(-c2c(F)ccc(Br)c2F)c2cn[nH]c2n1. The first kappa shape index (κ1) is 12.9. The molecule has 0 radical (unpaired) electrons. The topological polar surface area (TPSA) is 66.5 Å². The lowest BCUT2D eigenvalue weighted by molar-refractivity contribution is 0.584. The molecule has 2 heterocycles. The van der Waals surface area contributed by atoms with Gasteiger partial charge in [-0.15, -0.1) is 0 Å². The van der Waals surface area contributed by atoms with Crippen molar-refractivity contribution >= 4 is 32.9 Å². The van der Waals surface area contributed by atoms with E-state index in [1.54, 1.807) is 7.05 Å². The van der Waals surface area contributed by atoms with Crippen molar-refractivity contribution in [3.8, 4) is 11.3 Å². The number of hydrogen-bond acceptors (Lipinski definition) is 4. The fourth-order valence-electron chi connectivity index (χ4n) is 1.88. The third kappa shape index (κ3) is 1.92. The van der Waals surface area contributed by atoms with Gasteiger partial charge in [0.05, 0.1) is 27.3 Å². The van der Waals surface area contributed by atoms with Crippen molar-refractivity contribution in [1.82, 2.24) is 20.2 Å². The molecule has 2 aromatic heterocycles. The maximum Gasteiger partial charge on any atom is 0.225 e. The van der Waals surface area contributed by atoms with Gasteiger partial charge in [0.25, 0.3) is 0 Å². The molecule has 0 amide bonds. The smallest absolute Gasteiger partial charge is 0.225 e. The average Bonchev–Trinajstić information content (AvgIpc) is 2.91. The van der Waals surface area contributed by atoms with Gasteiger partial charge in [0, 0.05) is 7.05 Å². The summed E-state index contributed by atoms with van der Waals surface area (Å²) in [6, 6.07) is 2.48. The molecule has 0 aliphatic carbocycles. The fraction of sp³-hybridized carbons (Fsp3) is 0.0833. The molecule has 0 unspecified atom stereocenters. The van der Waals surface area contributed by atoms with E-state index in [0.717, 1.165) is 0 Å². The minimum absolute atomic E-state index is 0.143. The van der Waals surface area contributed by atoms with E-state index in [-0.39, 0.29) is 21.7 Å². The second kappa shape index (κ2) is 4.78. The average molecular weight is 340 g/mol. The number of H-pyrrole nitrogens is 1. The van der Waals surface area contributed by atoms with Gasteiger partial charge < -0.3 is 5.32 Å². The summed E-state index contributed by atoms with van der Waals surface area (Å²) in [6.45, 7) is 0. The predicted octanol–water partition coefficient (Wildman–Crippen LogP) is 3.10. The molecule has 3 rings (SSSR count). The summed E-state index contributed by atoms with van der Waals surface area (Å²) in [5, 5.41) is 9.68. The minimum Gasteiger partial charge on any atom is -0.357 e. The largest absolute Gasteiger partial charge is 0.357 e. The number of anilines is 1. The van der Waals surface area contributed by atoms with E-state index in [9.17, 15) is 8.78 Å². The molecule has 102 valence electrons. The van der Waals surface area contributed by atoms with E-state index < -0.39 is 11.6 Å². The molecule has 2 N–H and O–H groups in total. The molecule has 0 aliphatic rings. The van der Waals surface area contributed by atoms with Crippen LogP contribution in [0.25, 0.3) is 22.3 Å². The molecule has 20 heavy (non-hydrogen) atoms. The number of hydrogen-bond donors (Lipinski definition) is 2. The summed E-state index contributed by atoms with van der Waals surface area (Å²) in [4.78, 5) is 8.27. The van der Waals surface area contributed by atoms with Crippen molar-refractivity contribution < 1.29 is 8.78 Å². The Hall–Kier alpha value is -2.09. The maximum absolute atomic E-state index is 14.2. The van der Waals surface area contributed by atoms with E-state index in [1.165, 1.54) is 18.3 Å². The van der Waals surface area contributed by atoms with Crippen LogP contribution in [0.5, 0.6) is 0 Å². The van der Waals surface area contributed by atoms with E-state index in [4.69, 9.17) is 0 Å². The number of fused-ring (bicyclic) bond motifs is 1. The number of nitrogens with zero attached hydrogens (tertiary/aromatic N) is 3. The highest BCUT2D eigenvalue weighted by atomic mass is 79.9. The summed E-state index contributed by atoms with van der Waals surface area (Å²) in [5.41, 5.74) is 0.326. The van der Waals surface area contributed by atoms with Crippen LogP contribution in [0, 0.1) is 11.6 Å². The van der Waals surface area contributed by atoms with Crippen molar-refractivity contribution in [2.45, 2.75) is 0 Å². The van der Waals surface area contributed by atoms with Crippen molar-refractivity contribution in [1.29, 1.82) is 0 Å². The van der Waals surface area contributed by atoms with Crippen molar-refractivity contribution in [3.63, 3.8) is 0 Å². The van der Waals surface area contributed by atoms with Gasteiger partial charge in [-0.3, -0.25) is 5.10 Å². The zero-order valence-electron chi connectivity index (χ0n) is 10.2. The number of aromatic amines is 1. The van der Waals surface area contributed by atoms with Gasteiger partial charge in [0.2, 0.25) is 5.95 Å². The van der Waals surface area contributed by atoms with Crippen molar-refractivity contribution in [2.75, 3.05) is 12.4 Å². The lowest BCUT2D eigenvalue weighted by Gasteiger charge is -2.08. The molecule has 0 atom stereocenters. The molecule has 3 aromatic rings. The first-order chi connectivity index (χ1) is 9.61. The Bertz CT molecular complexity index is 802. The van der Waals surface area contributed by atoms with Crippen LogP contribution in [-0.4, -0.2) is 27.2 Å². The van der Waals surface area contributed by atoms with Gasteiger partial charge in [0.15, 0.2) is 5.65 Å². The second-order valence-electron chi connectivity index (χ2n) is 4.00. The van der Waals surface area contributed by atoms with Crippen LogP contribution in [0.4, 0.5) is 14.7 Å². The van der Waals surface area contributed by atoms with Crippen LogP contribution in [-0.2, 0) is 0 Å². The molecule has 0 saturated carbocycles. The van der Waals surface area contributed by atoms with Crippen LogP contribution < -0.4 is 5.32 Å². The van der Waals surface area contributed by atoms with Crippen LogP contribution in [0.3, 0.4) is 0 Å². The highest BCUT2D eigenvalue weighted by Crippen LogP contribution is 2.33. The highest BCUT2D eigenvalue weighted by molar-refractivity contribution is 9.10. The molecule has 8 heteroatoms. The number of halogens is 3. The molecule has 0 spiro atoms. The van der Waals surface area contributed by atoms with E-state index >= 15 is 0 Å². The predicted molar refractivity (Wildman–Crippen MR) is 74.3 cm³/mol. The Morgan fingerprint density at radius 2 is 2.05 bits per heavy atom. The van der Waals surface area contributed by atoms with Gasteiger partial charge in [-0.2, -0.15) is 10.1 Å². The van der Waals surface area contributed by atoms with E-state index in [2.05, 4.69) is 41.4 Å². The molecule has 0 fully saturated rings. The number of aromatic nitrogens is 4. The Labute approximate surface area is 120 Å². The summed E-state index contributed by atoms with van der Waals surface area (Å²) >= 11 is 3.04. The third-order valence-electron chi connectivity index (χ3n) is 2.81. The van der Waals surface area contributed by atoms with Gasteiger partial charge >= 0.3 is 0 Å². The minimum atomic E-state index is -0.715. The molecule has 5 nitrogen and oxygen atoms in total. The lowest BCUT2D eigenvalue weighted by Crippen LogP contribution is -2.01. The third-order valence-corrected chi connectivity index (χ3v) is 3.43. The number of nitrogens with one attached hydrogen (secondary N) is 2. The van der Waals surface area contributed by atoms with E-state index in [1.807, 2.05) is 0 Å². The van der Waals surface area contributed by atoms with Gasteiger partial charge in [0.1, 0.15) is 11.6 Å². The summed E-state index contributed by atoms with van der Waals surface area (Å²) in [5.74, 6) is -1.17. The highest BCUT2D eigenvalue weighted by Gasteiger charge is 2.20. The van der Waals surface area contributed by atoms with E-state index in [0.29, 0.717) is 11.0 Å². The summed E-state index contributed by atoms with van der Waals surface area (Å²) in [7, 11) is 1.62. The van der Waals surface area contributed by atoms with Crippen molar-refractivity contribution in [3.05, 3.63) is 34.4 Å². The van der Waals surface area contributed by atoms with Crippen LogP contribution >= 0.6 is 15.9 Å². The molecule has 0 bridgehead atoms. The first-order valence-corrected chi connectivity index (χ1v) is 6.44. The molecule has 0 aliphatic heterocycles. The fourth-order valence-corrected chi connectivity index (χ4v) is 2.21. The molecular formula is C12H8BrF2N5. The zero-order chi connectivity index (χ0) is 14.3. The summed E-state index contributed by atoms with van der Waals surface area (Å²) < 4.78 is 28.4. The molecular weight excluding hydrogens is 332 g/mol. The zero-order valence-corrected chi connectivity index (χ0v) is 11.8. The Morgan fingerprint density at radius 3 is 2.80 bits per heavy atom. The molecule has 1 aromatic carbocycles. The van der Waals surface area contributed by atoms with Crippen LogP contribution in [0.2, 0.25) is 0 Å². The number of benzene rings is 1. The van der Waals surface area contributed by atoms with Crippen LogP contribution in [0.15, 0.2) is 22.8 Å². The van der Waals surface area contributed by atoms with Crippen LogP contribution in [0.1, 0.15) is 0 Å². The lowest BCUT2D eigenvalue weighted by atomic mass is 10.1. The Morgan fingerprint density at radius 1 is 1.25 bits per heavy atom. The van der Waals surface area contributed by atoms with Gasteiger partial charge in [-0.1, -0.05) is 0 Å². The monoisotopic (exact) mass is 339 g/mol. The first-order valence-electron chi connectivity index (χ1n) is 5.64. The van der Waals surface area contributed by atoms with Gasteiger partial charge in [-0.05, 0) is 28.1 Å². The molecule has 0 saturated heterocycles.